The van der Waals surface area contributed by atoms with E-state index in [1.807, 2.05) is 25.1 Å². The molecule has 0 radical (unpaired) electrons. The van der Waals surface area contributed by atoms with E-state index in [1.54, 1.807) is 12.1 Å². The van der Waals surface area contributed by atoms with Gasteiger partial charge in [-0.15, -0.1) is 0 Å². The molecule has 0 unspecified atom stereocenters. The molecule has 2 aromatic rings. The largest absolute Gasteiger partial charge is 0.488 e. The molecular weight excluding hydrogens is 277 g/mol. The molecule has 0 saturated heterocycles. The summed E-state index contributed by atoms with van der Waals surface area (Å²) in [7, 11) is 0. The van der Waals surface area contributed by atoms with Crippen molar-refractivity contribution in [1.29, 1.82) is 0 Å². The first kappa shape index (κ1) is 14.8. The molecule has 0 spiro atoms. The fourth-order valence-corrected chi connectivity index (χ4v) is 2.23. The van der Waals surface area contributed by atoms with E-state index in [2.05, 4.69) is 0 Å². The Morgan fingerprint density at radius 2 is 2.05 bits per heavy atom. The predicted octanol–water partition coefficient (Wildman–Crippen LogP) is 3.87. The summed E-state index contributed by atoms with van der Waals surface area (Å²) in [6.45, 7) is 2.69. The lowest BCUT2D eigenvalue weighted by Crippen LogP contribution is -2.04. The lowest BCUT2D eigenvalue weighted by molar-refractivity contribution is 0.298. The smallest absolute Gasteiger partial charge is 0.131 e. The molecule has 0 fully saturated rings. The number of aryl methyl sites for hydroxylation is 1. The van der Waals surface area contributed by atoms with Crippen LogP contribution in [0.15, 0.2) is 36.4 Å². The quantitative estimate of drug-likeness (QED) is 0.908. The van der Waals surface area contributed by atoms with E-state index >= 15 is 0 Å². The van der Waals surface area contributed by atoms with E-state index in [4.69, 9.17) is 22.1 Å². The van der Waals surface area contributed by atoms with Gasteiger partial charge in [0.2, 0.25) is 0 Å². The fraction of sp³-hybridized carbons (Fsp3) is 0.250. The van der Waals surface area contributed by atoms with Gasteiger partial charge in [-0.2, -0.15) is 0 Å². The normalized spacial score (nSPS) is 10.6. The topological polar surface area (TPSA) is 35.2 Å². The Kier molecular flexibility index (Phi) is 4.99. The van der Waals surface area contributed by atoms with E-state index in [-0.39, 0.29) is 12.4 Å². The first-order chi connectivity index (χ1) is 9.61. The summed E-state index contributed by atoms with van der Waals surface area (Å²) in [6, 6.07) is 10.5. The standard InChI is InChI=1S/C16H17ClFNO/c1-11-9-12(7-8-19)5-6-16(11)20-10-13-14(17)3-2-4-15(13)18/h2-6,9H,7-8,10,19H2,1H3. The van der Waals surface area contributed by atoms with Gasteiger partial charge in [0.1, 0.15) is 18.2 Å². The molecule has 2 aromatic carbocycles. The van der Waals surface area contributed by atoms with Gasteiger partial charge >= 0.3 is 0 Å². The second kappa shape index (κ2) is 6.73. The van der Waals surface area contributed by atoms with Gasteiger partial charge in [-0.1, -0.05) is 29.8 Å². The Bertz CT molecular complexity index is 581. The molecule has 0 atom stereocenters. The van der Waals surface area contributed by atoms with Crippen LogP contribution in [0.1, 0.15) is 16.7 Å². The van der Waals surface area contributed by atoms with Crippen molar-refractivity contribution in [3.63, 3.8) is 0 Å². The number of ether oxygens (including phenoxy) is 1. The Hall–Kier alpha value is -1.58. The van der Waals surface area contributed by atoms with Crippen LogP contribution in [-0.4, -0.2) is 6.54 Å². The van der Waals surface area contributed by atoms with Crippen molar-refractivity contribution in [3.8, 4) is 5.75 Å². The second-order valence-electron chi connectivity index (χ2n) is 4.63. The van der Waals surface area contributed by atoms with E-state index in [9.17, 15) is 4.39 Å². The van der Waals surface area contributed by atoms with Crippen LogP contribution in [0.4, 0.5) is 4.39 Å². The lowest BCUT2D eigenvalue weighted by Gasteiger charge is -2.12. The van der Waals surface area contributed by atoms with Crippen molar-refractivity contribution in [3.05, 3.63) is 63.9 Å². The highest BCUT2D eigenvalue weighted by atomic mass is 35.5. The van der Waals surface area contributed by atoms with E-state index in [0.29, 0.717) is 17.1 Å². The summed E-state index contributed by atoms with van der Waals surface area (Å²) in [4.78, 5) is 0. The molecule has 2 rings (SSSR count). The molecule has 2 nitrogen and oxygen atoms in total. The second-order valence-corrected chi connectivity index (χ2v) is 5.03. The molecule has 0 aliphatic carbocycles. The summed E-state index contributed by atoms with van der Waals surface area (Å²) in [5.41, 5.74) is 8.07. The zero-order valence-electron chi connectivity index (χ0n) is 11.3. The van der Waals surface area contributed by atoms with Crippen LogP contribution in [0, 0.1) is 12.7 Å². The monoisotopic (exact) mass is 293 g/mol. The zero-order chi connectivity index (χ0) is 14.5. The van der Waals surface area contributed by atoms with Crippen LogP contribution in [-0.2, 0) is 13.0 Å². The number of halogens is 2. The summed E-state index contributed by atoms with van der Waals surface area (Å²) in [5, 5.41) is 0.377. The van der Waals surface area contributed by atoms with Gasteiger partial charge in [-0.05, 0) is 49.2 Å². The van der Waals surface area contributed by atoms with Gasteiger partial charge in [-0.3, -0.25) is 0 Å². The van der Waals surface area contributed by atoms with Crippen LogP contribution in [0.5, 0.6) is 5.75 Å². The van der Waals surface area contributed by atoms with Gasteiger partial charge in [0.15, 0.2) is 0 Å². The Morgan fingerprint density at radius 3 is 2.70 bits per heavy atom. The third-order valence-electron chi connectivity index (χ3n) is 3.11. The average molecular weight is 294 g/mol. The van der Waals surface area contributed by atoms with Crippen molar-refractivity contribution in [1.82, 2.24) is 0 Å². The summed E-state index contributed by atoms with van der Waals surface area (Å²) in [5.74, 6) is 0.375. The minimum absolute atomic E-state index is 0.114. The van der Waals surface area contributed by atoms with Crippen molar-refractivity contribution in [2.45, 2.75) is 20.0 Å². The number of hydrogen-bond donors (Lipinski definition) is 1. The van der Waals surface area contributed by atoms with E-state index in [1.165, 1.54) is 11.6 Å². The van der Waals surface area contributed by atoms with Crippen LogP contribution >= 0.6 is 11.6 Å². The Labute approximate surface area is 123 Å². The van der Waals surface area contributed by atoms with Crippen molar-refractivity contribution >= 4 is 11.6 Å². The summed E-state index contributed by atoms with van der Waals surface area (Å²) < 4.78 is 19.3. The maximum Gasteiger partial charge on any atom is 0.131 e. The fourth-order valence-electron chi connectivity index (χ4n) is 2.02. The first-order valence-corrected chi connectivity index (χ1v) is 6.85. The van der Waals surface area contributed by atoms with Crippen LogP contribution in [0.25, 0.3) is 0 Å². The van der Waals surface area contributed by atoms with Crippen LogP contribution in [0.3, 0.4) is 0 Å². The third kappa shape index (κ3) is 3.50. The Morgan fingerprint density at radius 1 is 1.25 bits per heavy atom. The molecule has 0 amide bonds. The average Bonchev–Trinajstić information content (AvgIpc) is 2.40. The van der Waals surface area contributed by atoms with Crippen LogP contribution in [0.2, 0.25) is 5.02 Å². The van der Waals surface area contributed by atoms with E-state index in [0.717, 1.165) is 17.7 Å². The number of rotatable bonds is 5. The number of nitrogens with two attached hydrogens (primary N) is 1. The molecule has 0 bridgehead atoms. The van der Waals surface area contributed by atoms with Crippen molar-refractivity contribution in [2.24, 2.45) is 5.73 Å². The lowest BCUT2D eigenvalue weighted by atomic mass is 10.1. The van der Waals surface area contributed by atoms with Gasteiger partial charge < -0.3 is 10.5 Å². The molecule has 0 aliphatic heterocycles. The molecule has 2 N–H and O–H groups in total. The van der Waals surface area contributed by atoms with Gasteiger partial charge in [0.05, 0.1) is 5.02 Å². The Balaban J connectivity index is 2.11. The van der Waals surface area contributed by atoms with Crippen LogP contribution < -0.4 is 10.5 Å². The highest BCUT2D eigenvalue weighted by molar-refractivity contribution is 6.31. The minimum Gasteiger partial charge on any atom is -0.488 e. The SMILES string of the molecule is Cc1cc(CCN)ccc1OCc1c(F)cccc1Cl. The number of hydrogen-bond acceptors (Lipinski definition) is 2. The predicted molar refractivity (Wildman–Crippen MR) is 79.7 cm³/mol. The summed E-state index contributed by atoms with van der Waals surface area (Å²) >= 11 is 5.97. The summed E-state index contributed by atoms with van der Waals surface area (Å²) in [6.07, 6.45) is 0.834. The third-order valence-corrected chi connectivity index (χ3v) is 3.46. The van der Waals surface area contributed by atoms with Crippen molar-refractivity contribution < 1.29 is 9.13 Å². The maximum atomic E-state index is 13.6. The molecule has 106 valence electrons. The van der Waals surface area contributed by atoms with Gasteiger partial charge in [0.25, 0.3) is 0 Å². The highest BCUT2D eigenvalue weighted by Crippen LogP contribution is 2.24. The molecule has 4 heteroatoms. The molecule has 0 saturated carbocycles. The highest BCUT2D eigenvalue weighted by Gasteiger charge is 2.08. The zero-order valence-corrected chi connectivity index (χ0v) is 12.1. The minimum atomic E-state index is -0.352. The van der Waals surface area contributed by atoms with Gasteiger partial charge in [-0.25, -0.2) is 4.39 Å². The maximum absolute atomic E-state index is 13.6. The molecular formula is C16H17ClFNO. The first-order valence-electron chi connectivity index (χ1n) is 6.47. The molecule has 20 heavy (non-hydrogen) atoms. The molecule has 0 aromatic heterocycles. The van der Waals surface area contributed by atoms with Gasteiger partial charge in [0, 0.05) is 5.56 Å². The van der Waals surface area contributed by atoms with Crippen molar-refractivity contribution in [2.75, 3.05) is 6.54 Å². The van der Waals surface area contributed by atoms with E-state index < -0.39 is 0 Å². The number of benzene rings is 2. The molecule has 0 aliphatic rings. The molecule has 0 heterocycles.